The number of nitrogens with one attached hydrogen (secondary N) is 1. The average Bonchev–Trinajstić information content (AvgIpc) is 2.21. The molecule has 0 unspecified atom stereocenters. The van der Waals surface area contributed by atoms with Gasteiger partial charge in [-0.3, -0.25) is 5.84 Å². The predicted molar refractivity (Wildman–Crippen MR) is 61.4 cm³/mol. The number of sulfonamides is 1. The van der Waals surface area contributed by atoms with E-state index in [0.29, 0.717) is 11.1 Å². The third-order valence-electron chi connectivity index (χ3n) is 2.40. The second-order valence-electron chi connectivity index (χ2n) is 3.95. The van der Waals surface area contributed by atoms with Crippen LogP contribution in [0.1, 0.15) is 30.9 Å². The fourth-order valence-electron chi connectivity index (χ4n) is 1.43. The molecule has 1 rings (SSSR count). The van der Waals surface area contributed by atoms with Crippen LogP contribution in [0.2, 0.25) is 0 Å². The van der Waals surface area contributed by atoms with E-state index in [1.54, 1.807) is 11.8 Å². The second-order valence-corrected chi connectivity index (χ2v) is 5.63. The average molecular weight is 244 g/mol. The van der Waals surface area contributed by atoms with Gasteiger partial charge in [-0.05, 0) is 36.1 Å². The first-order chi connectivity index (χ1) is 7.29. The van der Waals surface area contributed by atoms with Gasteiger partial charge in [0.05, 0.1) is 4.90 Å². The molecular weight excluding hydrogens is 228 g/mol. The first-order valence-electron chi connectivity index (χ1n) is 4.85. The highest BCUT2D eigenvalue weighted by Gasteiger charge is 2.20. The molecule has 0 atom stereocenters. The highest BCUT2D eigenvalue weighted by atomic mass is 32.2. The molecule has 0 heterocycles. The molecule has 0 spiro atoms. The molecule has 1 aromatic carbocycles. The van der Waals surface area contributed by atoms with Crippen LogP contribution in [0.5, 0.6) is 5.75 Å². The third-order valence-corrected chi connectivity index (χ3v) is 3.64. The van der Waals surface area contributed by atoms with E-state index in [9.17, 15) is 13.5 Å². The number of hydrogen-bond donors (Lipinski definition) is 3. The van der Waals surface area contributed by atoms with Crippen molar-refractivity contribution >= 4 is 10.0 Å². The lowest BCUT2D eigenvalue weighted by Gasteiger charge is -2.14. The molecule has 1 aromatic rings. The Kier molecular flexibility index (Phi) is 3.57. The quantitative estimate of drug-likeness (QED) is 0.546. The molecular formula is C10H16N2O3S. The van der Waals surface area contributed by atoms with Gasteiger partial charge >= 0.3 is 0 Å². The van der Waals surface area contributed by atoms with E-state index in [-0.39, 0.29) is 16.6 Å². The SMILES string of the molecule is Cc1cc(S(=O)(=O)NN)c(C(C)C)cc1O. The molecule has 0 aliphatic heterocycles. The maximum Gasteiger partial charge on any atom is 0.253 e. The minimum absolute atomic E-state index is 0.0235. The highest BCUT2D eigenvalue weighted by Crippen LogP contribution is 2.29. The van der Waals surface area contributed by atoms with Gasteiger partial charge in [-0.25, -0.2) is 8.42 Å². The molecule has 0 saturated carbocycles. The minimum atomic E-state index is -3.70. The van der Waals surface area contributed by atoms with Crippen molar-refractivity contribution in [2.24, 2.45) is 5.84 Å². The highest BCUT2D eigenvalue weighted by molar-refractivity contribution is 7.89. The van der Waals surface area contributed by atoms with Gasteiger partial charge in [-0.15, -0.1) is 0 Å². The fourth-order valence-corrected chi connectivity index (χ4v) is 2.50. The van der Waals surface area contributed by atoms with Crippen molar-refractivity contribution < 1.29 is 13.5 Å². The molecule has 0 bridgehead atoms. The summed E-state index contributed by atoms with van der Waals surface area (Å²) in [5, 5.41) is 9.57. The normalized spacial score (nSPS) is 12.1. The second kappa shape index (κ2) is 4.40. The first-order valence-corrected chi connectivity index (χ1v) is 6.34. The van der Waals surface area contributed by atoms with E-state index in [1.165, 1.54) is 12.1 Å². The van der Waals surface area contributed by atoms with Crippen LogP contribution in [0.15, 0.2) is 17.0 Å². The van der Waals surface area contributed by atoms with Crippen molar-refractivity contribution in [3.63, 3.8) is 0 Å². The topological polar surface area (TPSA) is 92.4 Å². The number of phenols is 1. The van der Waals surface area contributed by atoms with Crippen LogP contribution in [0.4, 0.5) is 0 Å². The Morgan fingerprint density at radius 2 is 1.94 bits per heavy atom. The smallest absolute Gasteiger partial charge is 0.253 e. The van der Waals surface area contributed by atoms with Crippen molar-refractivity contribution in [2.75, 3.05) is 0 Å². The monoisotopic (exact) mass is 244 g/mol. The number of aryl methyl sites for hydroxylation is 1. The predicted octanol–water partition coefficient (Wildman–Crippen LogP) is 0.976. The van der Waals surface area contributed by atoms with Gasteiger partial charge in [-0.2, -0.15) is 4.83 Å². The summed E-state index contributed by atoms with van der Waals surface area (Å²) in [7, 11) is -3.70. The van der Waals surface area contributed by atoms with E-state index < -0.39 is 10.0 Å². The molecule has 0 saturated heterocycles. The van der Waals surface area contributed by atoms with E-state index in [1.807, 2.05) is 13.8 Å². The Labute approximate surface area is 95.3 Å². The standard InChI is InChI=1S/C10H16N2O3S/c1-6(2)8-5-9(13)7(3)4-10(8)16(14,15)12-11/h4-6,12-13H,11H2,1-3H3. The van der Waals surface area contributed by atoms with E-state index in [2.05, 4.69) is 0 Å². The molecule has 0 radical (unpaired) electrons. The first kappa shape index (κ1) is 13.0. The van der Waals surface area contributed by atoms with Crippen LogP contribution in [-0.4, -0.2) is 13.5 Å². The summed E-state index contributed by atoms with van der Waals surface area (Å²) in [6.45, 7) is 5.33. The summed E-state index contributed by atoms with van der Waals surface area (Å²) in [5.41, 5.74) is 1.04. The lowest BCUT2D eigenvalue weighted by Crippen LogP contribution is -2.31. The van der Waals surface area contributed by atoms with Gasteiger partial charge in [-0.1, -0.05) is 13.8 Å². The number of hydrogen-bond acceptors (Lipinski definition) is 4. The zero-order chi connectivity index (χ0) is 12.5. The lowest BCUT2D eigenvalue weighted by atomic mass is 10.0. The van der Waals surface area contributed by atoms with Crippen molar-refractivity contribution in [3.05, 3.63) is 23.3 Å². The van der Waals surface area contributed by atoms with Gasteiger partial charge in [0.15, 0.2) is 0 Å². The van der Waals surface area contributed by atoms with Gasteiger partial charge in [0.25, 0.3) is 10.0 Å². The molecule has 0 amide bonds. The molecule has 0 aromatic heterocycles. The summed E-state index contributed by atoms with van der Waals surface area (Å²) in [4.78, 5) is 1.90. The van der Waals surface area contributed by atoms with Gasteiger partial charge in [0.2, 0.25) is 0 Å². The van der Waals surface area contributed by atoms with Crippen LogP contribution < -0.4 is 10.7 Å². The van der Waals surface area contributed by atoms with Crippen LogP contribution in [-0.2, 0) is 10.0 Å². The minimum Gasteiger partial charge on any atom is -0.508 e. The molecule has 5 nitrogen and oxygen atoms in total. The molecule has 16 heavy (non-hydrogen) atoms. The molecule has 0 aliphatic rings. The van der Waals surface area contributed by atoms with Crippen LogP contribution in [0, 0.1) is 6.92 Å². The Hall–Kier alpha value is -1.11. The molecule has 0 aliphatic carbocycles. The largest absolute Gasteiger partial charge is 0.508 e. The zero-order valence-corrected chi connectivity index (χ0v) is 10.3. The number of aromatic hydroxyl groups is 1. The van der Waals surface area contributed by atoms with Crippen molar-refractivity contribution in [1.82, 2.24) is 4.83 Å². The summed E-state index contributed by atoms with van der Waals surface area (Å²) in [6, 6.07) is 2.88. The molecule has 6 heteroatoms. The number of benzene rings is 1. The number of rotatable bonds is 3. The van der Waals surface area contributed by atoms with Gasteiger partial charge in [0.1, 0.15) is 5.75 Å². The zero-order valence-electron chi connectivity index (χ0n) is 9.48. The maximum atomic E-state index is 11.7. The Balaban J connectivity index is 3.55. The molecule has 4 N–H and O–H groups in total. The number of nitrogens with two attached hydrogens (primary N) is 1. The van der Waals surface area contributed by atoms with Gasteiger partial charge in [0, 0.05) is 0 Å². The lowest BCUT2D eigenvalue weighted by molar-refractivity contribution is 0.468. The Morgan fingerprint density at radius 3 is 2.38 bits per heavy atom. The summed E-state index contributed by atoms with van der Waals surface area (Å²) >= 11 is 0. The third kappa shape index (κ3) is 2.34. The van der Waals surface area contributed by atoms with E-state index in [0.717, 1.165) is 0 Å². The summed E-state index contributed by atoms with van der Waals surface area (Å²) in [5.74, 6) is 5.05. The van der Waals surface area contributed by atoms with Crippen LogP contribution in [0.25, 0.3) is 0 Å². The van der Waals surface area contributed by atoms with Crippen molar-refractivity contribution in [3.8, 4) is 5.75 Å². The molecule has 0 fully saturated rings. The Bertz CT molecular complexity index is 495. The number of phenolic OH excluding ortho intramolecular Hbond substituents is 1. The van der Waals surface area contributed by atoms with Crippen LogP contribution in [0.3, 0.4) is 0 Å². The summed E-state index contributed by atoms with van der Waals surface area (Å²) in [6.07, 6.45) is 0. The van der Waals surface area contributed by atoms with E-state index in [4.69, 9.17) is 5.84 Å². The summed E-state index contributed by atoms with van der Waals surface area (Å²) < 4.78 is 23.3. The maximum absolute atomic E-state index is 11.7. The van der Waals surface area contributed by atoms with E-state index >= 15 is 0 Å². The van der Waals surface area contributed by atoms with Crippen LogP contribution >= 0.6 is 0 Å². The fraction of sp³-hybridized carbons (Fsp3) is 0.400. The van der Waals surface area contributed by atoms with Crippen molar-refractivity contribution in [2.45, 2.75) is 31.6 Å². The number of hydrazine groups is 1. The Morgan fingerprint density at radius 1 is 1.38 bits per heavy atom. The van der Waals surface area contributed by atoms with Gasteiger partial charge < -0.3 is 5.11 Å². The molecule has 90 valence electrons. The van der Waals surface area contributed by atoms with Crippen molar-refractivity contribution in [1.29, 1.82) is 0 Å².